The van der Waals surface area contributed by atoms with E-state index in [-0.39, 0.29) is 5.91 Å². The zero-order valence-corrected chi connectivity index (χ0v) is 15.2. The van der Waals surface area contributed by atoms with Crippen LogP contribution in [0.25, 0.3) is 16.6 Å². The molecule has 1 fully saturated rings. The van der Waals surface area contributed by atoms with Crippen molar-refractivity contribution in [3.8, 4) is 0 Å². The van der Waals surface area contributed by atoms with Crippen molar-refractivity contribution in [3.63, 3.8) is 0 Å². The highest BCUT2D eigenvalue weighted by molar-refractivity contribution is 6.00. The summed E-state index contributed by atoms with van der Waals surface area (Å²) in [5.74, 6) is 1.47. The number of para-hydroxylation sites is 1. The van der Waals surface area contributed by atoms with Gasteiger partial charge in [-0.25, -0.2) is 9.50 Å². The fraction of sp³-hybridized carbons (Fsp3) is 0.286. The second kappa shape index (κ2) is 6.23. The first-order valence-electron chi connectivity index (χ1n) is 9.37. The van der Waals surface area contributed by atoms with Crippen LogP contribution < -0.4 is 0 Å². The number of aromatic nitrogens is 4. The van der Waals surface area contributed by atoms with Gasteiger partial charge in [0.25, 0.3) is 5.91 Å². The van der Waals surface area contributed by atoms with E-state index in [9.17, 15) is 4.79 Å². The van der Waals surface area contributed by atoms with Crippen molar-refractivity contribution in [2.45, 2.75) is 25.7 Å². The molecule has 0 radical (unpaired) electrons. The molecule has 0 saturated carbocycles. The lowest BCUT2D eigenvalue weighted by molar-refractivity contribution is 0.0713. The Hall–Kier alpha value is -3.15. The number of aryl methyl sites for hydroxylation is 1. The Morgan fingerprint density at radius 2 is 2.00 bits per heavy atom. The van der Waals surface area contributed by atoms with Gasteiger partial charge in [0, 0.05) is 25.2 Å². The molecule has 1 aliphatic heterocycles. The van der Waals surface area contributed by atoms with Crippen LogP contribution in [0.2, 0.25) is 0 Å². The van der Waals surface area contributed by atoms with E-state index in [1.807, 2.05) is 29.3 Å². The van der Waals surface area contributed by atoms with E-state index in [0.29, 0.717) is 11.5 Å². The van der Waals surface area contributed by atoms with Gasteiger partial charge in [-0.1, -0.05) is 18.2 Å². The van der Waals surface area contributed by atoms with Gasteiger partial charge in [-0.2, -0.15) is 5.10 Å². The summed E-state index contributed by atoms with van der Waals surface area (Å²) in [6.45, 7) is 3.57. The largest absolute Gasteiger partial charge is 0.342 e. The Balaban J connectivity index is 1.33. The van der Waals surface area contributed by atoms with Crippen molar-refractivity contribution in [2.24, 2.45) is 0 Å². The van der Waals surface area contributed by atoms with Crippen LogP contribution in [-0.2, 0) is 0 Å². The lowest BCUT2D eigenvalue weighted by Crippen LogP contribution is -2.38. The average molecular weight is 359 g/mol. The molecule has 3 aromatic heterocycles. The highest BCUT2D eigenvalue weighted by Gasteiger charge is 2.27. The quantitative estimate of drug-likeness (QED) is 0.595. The first-order valence-corrected chi connectivity index (χ1v) is 9.37. The number of carbonyl (C=O) groups excluding carboxylic acids is 1. The fourth-order valence-electron chi connectivity index (χ4n) is 4.01. The third-order valence-electron chi connectivity index (χ3n) is 5.56. The number of hydrogen-bond acceptors (Lipinski definition) is 3. The van der Waals surface area contributed by atoms with Gasteiger partial charge in [0.05, 0.1) is 28.3 Å². The summed E-state index contributed by atoms with van der Waals surface area (Å²) in [7, 11) is 0. The minimum Gasteiger partial charge on any atom is -0.342 e. The molecule has 5 rings (SSSR count). The van der Waals surface area contributed by atoms with Crippen molar-refractivity contribution in [1.82, 2.24) is 24.5 Å². The van der Waals surface area contributed by atoms with Crippen LogP contribution in [0.3, 0.4) is 0 Å². The van der Waals surface area contributed by atoms with E-state index in [0.717, 1.165) is 48.3 Å². The molecule has 1 aromatic carbocycles. The number of nitrogens with one attached hydrogen (secondary N) is 1. The molecule has 4 heterocycles. The summed E-state index contributed by atoms with van der Waals surface area (Å²) in [5.41, 5.74) is 4.87. The van der Waals surface area contributed by atoms with Crippen molar-refractivity contribution in [3.05, 3.63) is 65.7 Å². The molecular formula is C21H21N5O. The molecule has 6 nitrogen and oxygen atoms in total. The minimum atomic E-state index is 0.0649. The van der Waals surface area contributed by atoms with E-state index < -0.39 is 0 Å². The molecule has 0 unspecified atom stereocenters. The van der Waals surface area contributed by atoms with Crippen molar-refractivity contribution >= 4 is 22.5 Å². The van der Waals surface area contributed by atoms with Gasteiger partial charge in [-0.15, -0.1) is 0 Å². The summed E-state index contributed by atoms with van der Waals surface area (Å²) >= 11 is 0. The summed E-state index contributed by atoms with van der Waals surface area (Å²) < 4.78 is 1.75. The van der Waals surface area contributed by atoms with Gasteiger partial charge in [0.1, 0.15) is 5.82 Å². The number of rotatable bonds is 2. The Bertz CT molecular complexity index is 1130. The number of carbonyl (C=O) groups is 1. The highest BCUT2D eigenvalue weighted by atomic mass is 16.2. The van der Waals surface area contributed by atoms with E-state index in [1.165, 1.54) is 5.56 Å². The van der Waals surface area contributed by atoms with Gasteiger partial charge in [-0.05, 0) is 43.5 Å². The van der Waals surface area contributed by atoms with E-state index in [1.54, 1.807) is 10.7 Å². The van der Waals surface area contributed by atoms with Crippen molar-refractivity contribution < 1.29 is 4.79 Å². The first-order chi connectivity index (χ1) is 13.2. The van der Waals surface area contributed by atoms with Crippen LogP contribution in [0.5, 0.6) is 0 Å². The van der Waals surface area contributed by atoms with Crippen molar-refractivity contribution in [1.29, 1.82) is 0 Å². The molecule has 1 saturated heterocycles. The van der Waals surface area contributed by atoms with Crippen LogP contribution in [-0.4, -0.2) is 43.5 Å². The summed E-state index contributed by atoms with van der Waals surface area (Å²) in [6.07, 6.45) is 5.38. The monoisotopic (exact) mass is 359 g/mol. The molecule has 6 heteroatoms. The second-order valence-corrected chi connectivity index (χ2v) is 7.25. The number of benzene rings is 1. The average Bonchev–Trinajstić information content (AvgIpc) is 3.33. The summed E-state index contributed by atoms with van der Waals surface area (Å²) in [6, 6.07) is 12.0. The topological polar surface area (TPSA) is 66.3 Å². The number of H-pyrrole nitrogens is 1. The lowest BCUT2D eigenvalue weighted by atomic mass is 9.95. The van der Waals surface area contributed by atoms with E-state index in [4.69, 9.17) is 4.98 Å². The highest BCUT2D eigenvalue weighted by Crippen LogP contribution is 2.29. The number of likely N-dealkylation sites (tertiary alicyclic amines) is 1. The zero-order valence-electron chi connectivity index (χ0n) is 15.2. The molecule has 4 aromatic rings. The maximum atomic E-state index is 13.0. The predicted octanol–water partition coefficient (Wildman–Crippen LogP) is 3.54. The van der Waals surface area contributed by atoms with Gasteiger partial charge >= 0.3 is 0 Å². The third kappa shape index (κ3) is 2.68. The zero-order chi connectivity index (χ0) is 18.4. The molecule has 0 spiro atoms. The van der Waals surface area contributed by atoms with Gasteiger partial charge in [0.15, 0.2) is 0 Å². The smallest absolute Gasteiger partial charge is 0.257 e. The number of hydrogen-bond donors (Lipinski definition) is 1. The number of pyridine rings is 1. The van der Waals surface area contributed by atoms with Crippen LogP contribution in [0.1, 0.15) is 40.5 Å². The van der Waals surface area contributed by atoms with Crippen LogP contribution in [0, 0.1) is 6.92 Å². The number of aromatic amines is 1. The maximum absolute atomic E-state index is 13.0. The number of amides is 1. The number of nitrogens with zero attached hydrogens (tertiary/aromatic N) is 4. The predicted molar refractivity (Wildman–Crippen MR) is 104 cm³/mol. The molecule has 0 aliphatic carbocycles. The fourth-order valence-corrected chi connectivity index (χ4v) is 4.01. The number of imidazole rings is 1. The van der Waals surface area contributed by atoms with E-state index >= 15 is 0 Å². The van der Waals surface area contributed by atoms with Crippen molar-refractivity contribution in [2.75, 3.05) is 13.1 Å². The minimum absolute atomic E-state index is 0.0649. The SMILES string of the molecule is Cc1cccc2[nH]c(C3CCN(C(=O)c4cnn5ccccc45)CC3)nc12. The lowest BCUT2D eigenvalue weighted by Gasteiger charge is -2.31. The molecule has 27 heavy (non-hydrogen) atoms. The molecule has 1 amide bonds. The van der Waals surface area contributed by atoms with Crippen LogP contribution in [0.4, 0.5) is 0 Å². The van der Waals surface area contributed by atoms with Gasteiger partial charge in [-0.3, -0.25) is 4.79 Å². The van der Waals surface area contributed by atoms with Crippen LogP contribution >= 0.6 is 0 Å². The molecule has 1 N–H and O–H groups in total. The first kappa shape index (κ1) is 16.1. The van der Waals surface area contributed by atoms with E-state index in [2.05, 4.69) is 35.2 Å². The molecule has 1 aliphatic rings. The normalized spacial score (nSPS) is 15.7. The number of piperidine rings is 1. The summed E-state index contributed by atoms with van der Waals surface area (Å²) in [4.78, 5) is 23.2. The van der Waals surface area contributed by atoms with Gasteiger partial charge < -0.3 is 9.88 Å². The number of fused-ring (bicyclic) bond motifs is 2. The Morgan fingerprint density at radius 3 is 2.81 bits per heavy atom. The molecule has 0 atom stereocenters. The third-order valence-corrected chi connectivity index (χ3v) is 5.56. The molecule has 0 bridgehead atoms. The molecule has 136 valence electrons. The maximum Gasteiger partial charge on any atom is 0.257 e. The van der Waals surface area contributed by atoms with Gasteiger partial charge in [0.2, 0.25) is 0 Å². The second-order valence-electron chi connectivity index (χ2n) is 7.25. The standard InChI is InChI=1S/C21H21N5O/c1-14-5-4-6-17-19(14)24-20(23-17)15-8-11-25(12-9-15)21(27)16-13-22-26-10-3-2-7-18(16)26/h2-7,10,13,15H,8-9,11-12H2,1H3,(H,23,24). The summed E-state index contributed by atoms with van der Waals surface area (Å²) in [5, 5.41) is 4.28. The van der Waals surface area contributed by atoms with Crippen LogP contribution in [0.15, 0.2) is 48.8 Å². The Kier molecular flexibility index (Phi) is 3.70. The Morgan fingerprint density at radius 1 is 1.15 bits per heavy atom. The molecular weight excluding hydrogens is 338 g/mol. The Labute approximate surface area is 156 Å².